The van der Waals surface area contributed by atoms with Crippen molar-refractivity contribution >= 4 is 12.0 Å². The molecule has 1 aromatic rings. The fourth-order valence-electron chi connectivity index (χ4n) is 1.92. The van der Waals surface area contributed by atoms with Gasteiger partial charge in [0.1, 0.15) is 11.6 Å². The second kappa shape index (κ2) is 9.15. The summed E-state index contributed by atoms with van der Waals surface area (Å²) >= 11 is 0. The Balaban J connectivity index is 2.71. The zero-order valence-corrected chi connectivity index (χ0v) is 14.0. The molecule has 0 fully saturated rings. The fraction of sp³-hybridized carbons (Fsp3) is 0.529. The average Bonchev–Trinajstić information content (AvgIpc) is 2.46. The van der Waals surface area contributed by atoms with E-state index in [1.165, 1.54) is 0 Å². The zero-order chi connectivity index (χ0) is 17.3. The summed E-state index contributed by atoms with van der Waals surface area (Å²) in [6.45, 7) is 5.65. The summed E-state index contributed by atoms with van der Waals surface area (Å²) in [4.78, 5) is 24.2. The van der Waals surface area contributed by atoms with Crippen LogP contribution in [-0.2, 0) is 16.0 Å². The number of nitrogens with one attached hydrogen (secondary N) is 2. The van der Waals surface area contributed by atoms with Gasteiger partial charge in [-0.3, -0.25) is 4.79 Å². The van der Waals surface area contributed by atoms with E-state index in [9.17, 15) is 9.59 Å². The van der Waals surface area contributed by atoms with Crippen molar-refractivity contribution < 1.29 is 19.4 Å². The van der Waals surface area contributed by atoms with E-state index in [0.29, 0.717) is 19.4 Å². The van der Waals surface area contributed by atoms with Gasteiger partial charge in [-0.1, -0.05) is 30.3 Å². The van der Waals surface area contributed by atoms with Crippen LogP contribution in [0.5, 0.6) is 0 Å². The molecular weight excluding hydrogens is 296 g/mol. The molecule has 0 heterocycles. The Morgan fingerprint density at radius 2 is 1.87 bits per heavy atom. The summed E-state index contributed by atoms with van der Waals surface area (Å²) in [5, 5.41) is 14.1. The minimum atomic E-state index is -0.731. The monoisotopic (exact) mass is 322 g/mol. The van der Waals surface area contributed by atoms with Gasteiger partial charge in [0.05, 0.1) is 0 Å². The van der Waals surface area contributed by atoms with Crippen molar-refractivity contribution in [2.75, 3.05) is 13.2 Å². The van der Waals surface area contributed by atoms with E-state index in [0.717, 1.165) is 5.56 Å². The molecule has 0 saturated heterocycles. The normalized spacial score (nSPS) is 12.3. The maximum atomic E-state index is 12.3. The van der Waals surface area contributed by atoms with Gasteiger partial charge in [0.15, 0.2) is 0 Å². The molecule has 1 unspecified atom stereocenters. The molecule has 23 heavy (non-hydrogen) atoms. The Labute approximate surface area is 137 Å². The maximum absolute atomic E-state index is 12.3. The number of aliphatic hydroxyl groups excluding tert-OH is 1. The maximum Gasteiger partial charge on any atom is 0.408 e. The van der Waals surface area contributed by atoms with Gasteiger partial charge in [-0.15, -0.1) is 0 Å². The van der Waals surface area contributed by atoms with Gasteiger partial charge in [0.25, 0.3) is 0 Å². The van der Waals surface area contributed by atoms with Crippen molar-refractivity contribution in [3.63, 3.8) is 0 Å². The first kappa shape index (κ1) is 19.0. The standard InChI is InChI=1S/C17H26N2O4/c1-17(2,3)23-16(22)19-14(15(21)18-10-7-11-20)12-13-8-5-4-6-9-13/h4-6,8-9,14,20H,7,10-12H2,1-3H3,(H,18,21)(H,19,22). The molecule has 0 bridgehead atoms. The lowest BCUT2D eigenvalue weighted by atomic mass is 10.1. The molecule has 0 radical (unpaired) electrons. The van der Waals surface area contributed by atoms with Gasteiger partial charge in [-0.25, -0.2) is 4.79 Å². The van der Waals surface area contributed by atoms with Crippen LogP contribution in [-0.4, -0.2) is 41.9 Å². The summed E-state index contributed by atoms with van der Waals surface area (Å²) in [5.41, 5.74) is 0.306. The summed E-state index contributed by atoms with van der Waals surface area (Å²) in [6, 6.07) is 8.70. The molecule has 0 aliphatic carbocycles. The quantitative estimate of drug-likeness (QED) is 0.666. The molecule has 1 atom stereocenters. The topological polar surface area (TPSA) is 87.7 Å². The number of rotatable bonds is 7. The van der Waals surface area contributed by atoms with Gasteiger partial charge in [0, 0.05) is 19.6 Å². The van der Waals surface area contributed by atoms with Crippen LogP contribution in [0, 0.1) is 0 Å². The molecule has 0 aliphatic heterocycles. The Bertz CT molecular complexity index is 497. The minimum absolute atomic E-state index is 0.00310. The number of benzene rings is 1. The fourth-order valence-corrected chi connectivity index (χ4v) is 1.92. The third-order valence-corrected chi connectivity index (χ3v) is 2.92. The van der Waals surface area contributed by atoms with Crippen molar-refractivity contribution in [1.29, 1.82) is 0 Å². The predicted octanol–water partition coefficient (Wildman–Crippen LogP) is 1.62. The molecule has 1 aromatic carbocycles. The first-order valence-electron chi connectivity index (χ1n) is 7.74. The summed E-state index contributed by atoms with van der Waals surface area (Å²) in [7, 11) is 0. The first-order chi connectivity index (χ1) is 10.8. The molecule has 0 saturated carbocycles. The lowest BCUT2D eigenvalue weighted by Gasteiger charge is -2.23. The van der Waals surface area contributed by atoms with Gasteiger partial charge in [-0.05, 0) is 32.8 Å². The molecule has 1 rings (SSSR count). The Kier molecular flexibility index (Phi) is 7.54. The van der Waals surface area contributed by atoms with Gasteiger partial charge in [-0.2, -0.15) is 0 Å². The van der Waals surface area contributed by atoms with Crippen LogP contribution in [0.1, 0.15) is 32.8 Å². The van der Waals surface area contributed by atoms with E-state index in [-0.39, 0.29) is 12.5 Å². The molecule has 2 amide bonds. The van der Waals surface area contributed by atoms with Crippen LogP contribution < -0.4 is 10.6 Å². The number of ether oxygens (including phenoxy) is 1. The van der Waals surface area contributed by atoms with E-state index in [2.05, 4.69) is 10.6 Å². The van der Waals surface area contributed by atoms with E-state index in [4.69, 9.17) is 9.84 Å². The van der Waals surface area contributed by atoms with E-state index >= 15 is 0 Å². The number of carbonyl (C=O) groups is 2. The molecule has 6 nitrogen and oxygen atoms in total. The third-order valence-electron chi connectivity index (χ3n) is 2.92. The van der Waals surface area contributed by atoms with Crippen molar-refractivity contribution in [2.24, 2.45) is 0 Å². The number of hydrogen-bond donors (Lipinski definition) is 3. The van der Waals surface area contributed by atoms with Crippen molar-refractivity contribution in [3.8, 4) is 0 Å². The summed E-state index contributed by atoms with van der Waals surface area (Å²) in [6.07, 6.45) is 0.206. The lowest BCUT2D eigenvalue weighted by molar-refractivity contribution is -0.123. The number of carbonyl (C=O) groups excluding carboxylic acids is 2. The molecule has 0 spiro atoms. The van der Waals surface area contributed by atoms with Crippen LogP contribution in [0.25, 0.3) is 0 Å². The highest BCUT2D eigenvalue weighted by atomic mass is 16.6. The lowest BCUT2D eigenvalue weighted by Crippen LogP contribution is -2.49. The highest BCUT2D eigenvalue weighted by Gasteiger charge is 2.24. The SMILES string of the molecule is CC(C)(C)OC(=O)NC(Cc1ccccc1)C(=O)NCCCO. The largest absolute Gasteiger partial charge is 0.444 e. The van der Waals surface area contributed by atoms with Gasteiger partial charge in [0.2, 0.25) is 5.91 Å². The second-order valence-corrected chi connectivity index (χ2v) is 6.26. The first-order valence-corrected chi connectivity index (χ1v) is 7.74. The van der Waals surface area contributed by atoms with Crippen molar-refractivity contribution in [2.45, 2.75) is 45.3 Å². The molecule has 3 N–H and O–H groups in total. The summed E-state index contributed by atoms with van der Waals surface area (Å²) in [5.74, 6) is -0.298. The Hall–Kier alpha value is -2.08. The number of aliphatic hydroxyl groups is 1. The van der Waals surface area contributed by atoms with Crippen LogP contribution in [0.2, 0.25) is 0 Å². The number of alkyl carbamates (subject to hydrolysis) is 1. The Morgan fingerprint density at radius 3 is 2.43 bits per heavy atom. The Morgan fingerprint density at radius 1 is 1.22 bits per heavy atom. The minimum Gasteiger partial charge on any atom is -0.444 e. The second-order valence-electron chi connectivity index (χ2n) is 6.26. The predicted molar refractivity (Wildman–Crippen MR) is 88.0 cm³/mol. The molecular formula is C17H26N2O4. The van der Waals surface area contributed by atoms with Crippen LogP contribution in [0.4, 0.5) is 4.79 Å². The van der Waals surface area contributed by atoms with Crippen molar-refractivity contribution in [1.82, 2.24) is 10.6 Å². The van der Waals surface area contributed by atoms with E-state index in [1.54, 1.807) is 20.8 Å². The highest BCUT2D eigenvalue weighted by molar-refractivity contribution is 5.86. The third kappa shape index (κ3) is 8.21. The smallest absolute Gasteiger partial charge is 0.408 e. The zero-order valence-electron chi connectivity index (χ0n) is 14.0. The average molecular weight is 322 g/mol. The highest BCUT2D eigenvalue weighted by Crippen LogP contribution is 2.08. The van der Waals surface area contributed by atoms with Crippen LogP contribution in [0.3, 0.4) is 0 Å². The van der Waals surface area contributed by atoms with E-state index < -0.39 is 17.7 Å². The van der Waals surface area contributed by atoms with Crippen LogP contribution >= 0.6 is 0 Å². The summed E-state index contributed by atoms with van der Waals surface area (Å²) < 4.78 is 5.21. The van der Waals surface area contributed by atoms with E-state index in [1.807, 2.05) is 30.3 Å². The van der Waals surface area contributed by atoms with Gasteiger partial charge >= 0.3 is 6.09 Å². The van der Waals surface area contributed by atoms with Crippen LogP contribution in [0.15, 0.2) is 30.3 Å². The van der Waals surface area contributed by atoms with Crippen molar-refractivity contribution in [3.05, 3.63) is 35.9 Å². The number of amides is 2. The number of hydrogen-bond acceptors (Lipinski definition) is 4. The molecule has 0 aromatic heterocycles. The molecule has 128 valence electrons. The van der Waals surface area contributed by atoms with Gasteiger partial charge < -0.3 is 20.5 Å². The molecule has 0 aliphatic rings. The molecule has 6 heteroatoms.